The molecule has 0 saturated carbocycles. The lowest BCUT2D eigenvalue weighted by molar-refractivity contribution is -0.120. The first-order chi connectivity index (χ1) is 11.0. The molecule has 2 aromatic rings. The van der Waals surface area contributed by atoms with E-state index in [4.69, 9.17) is 34.8 Å². The molecule has 1 atom stereocenters. The second-order valence-electron chi connectivity index (χ2n) is 5.14. The normalized spacial score (nSPS) is 12.0. The number of carbonyl (C=O) groups excluding carboxylic acids is 1. The second kappa shape index (κ2) is 8.55. The fourth-order valence-corrected chi connectivity index (χ4v) is 2.88. The van der Waals surface area contributed by atoms with Crippen LogP contribution < -0.4 is 10.6 Å². The third-order valence-electron chi connectivity index (χ3n) is 3.43. The quantitative estimate of drug-likeness (QED) is 0.778. The van der Waals surface area contributed by atoms with E-state index in [0.717, 1.165) is 11.1 Å². The standard InChI is InChI=1S/C17H17Cl3N2O/c1-11(14-4-2-3-5-15(14)19)21-10-17(23)22-9-12-6-7-13(18)8-16(12)20/h2-8,11,21H,9-10H2,1H3,(H,22,23)/t11-/m0/s1. The fourth-order valence-electron chi connectivity index (χ4n) is 2.10. The number of nitrogens with one attached hydrogen (secondary N) is 2. The lowest BCUT2D eigenvalue weighted by Crippen LogP contribution is -2.34. The molecule has 2 N–H and O–H groups in total. The largest absolute Gasteiger partial charge is 0.351 e. The Bertz CT molecular complexity index is 691. The predicted molar refractivity (Wildman–Crippen MR) is 96.2 cm³/mol. The van der Waals surface area contributed by atoms with Crippen molar-refractivity contribution in [1.82, 2.24) is 10.6 Å². The first kappa shape index (κ1) is 18.1. The molecule has 0 heterocycles. The summed E-state index contributed by atoms with van der Waals surface area (Å²) in [5.41, 5.74) is 1.78. The van der Waals surface area contributed by atoms with Gasteiger partial charge >= 0.3 is 0 Å². The SMILES string of the molecule is C[C@H](NCC(=O)NCc1ccc(Cl)cc1Cl)c1ccccc1Cl. The maximum atomic E-state index is 11.9. The molecule has 0 spiro atoms. The Kier molecular flexibility index (Phi) is 6.72. The van der Waals surface area contributed by atoms with Crippen LogP contribution in [-0.4, -0.2) is 12.5 Å². The number of hydrogen-bond donors (Lipinski definition) is 2. The Morgan fingerprint density at radius 1 is 1.09 bits per heavy atom. The average Bonchev–Trinajstić information content (AvgIpc) is 2.52. The van der Waals surface area contributed by atoms with Crippen molar-refractivity contribution in [3.05, 3.63) is 68.7 Å². The van der Waals surface area contributed by atoms with Gasteiger partial charge in [-0.2, -0.15) is 0 Å². The molecule has 0 fully saturated rings. The highest BCUT2D eigenvalue weighted by Crippen LogP contribution is 2.22. The molecule has 2 rings (SSSR count). The molecule has 0 aromatic heterocycles. The van der Waals surface area contributed by atoms with Crippen molar-refractivity contribution in [3.8, 4) is 0 Å². The molecule has 0 saturated heterocycles. The van der Waals surface area contributed by atoms with E-state index in [2.05, 4.69) is 10.6 Å². The number of hydrogen-bond acceptors (Lipinski definition) is 2. The molecule has 3 nitrogen and oxygen atoms in total. The van der Waals surface area contributed by atoms with Gasteiger partial charge in [-0.1, -0.05) is 59.1 Å². The van der Waals surface area contributed by atoms with Crippen molar-refractivity contribution < 1.29 is 4.79 Å². The molecule has 23 heavy (non-hydrogen) atoms. The van der Waals surface area contributed by atoms with Gasteiger partial charge in [-0.25, -0.2) is 0 Å². The highest BCUT2D eigenvalue weighted by atomic mass is 35.5. The van der Waals surface area contributed by atoms with E-state index in [-0.39, 0.29) is 18.5 Å². The molecular formula is C17H17Cl3N2O. The molecular weight excluding hydrogens is 355 g/mol. The first-order valence-electron chi connectivity index (χ1n) is 7.16. The maximum absolute atomic E-state index is 11.9. The fraction of sp³-hybridized carbons (Fsp3) is 0.235. The Hall–Kier alpha value is -1.26. The molecule has 0 aliphatic heterocycles. The summed E-state index contributed by atoms with van der Waals surface area (Å²) in [5.74, 6) is -0.116. The van der Waals surface area contributed by atoms with Crippen molar-refractivity contribution in [1.29, 1.82) is 0 Å². The zero-order valence-corrected chi connectivity index (χ0v) is 14.8. The van der Waals surface area contributed by atoms with Gasteiger partial charge in [0.25, 0.3) is 0 Å². The number of benzene rings is 2. The molecule has 2 aromatic carbocycles. The minimum atomic E-state index is -0.116. The summed E-state index contributed by atoms with van der Waals surface area (Å²) >= 11 is 18.1. The smallest absolute Gasteiger partial charge is 0.234 e. The van der Waals surface area contributed by atoms with Crippen molar-refractivity contribution in [2.45, 2.75) is 19.5 Å². The molecule has 0 aliphatic carbocycles. The summed E-state index contributed by atoms with van der Waals surface area (Å²) in [5, 5.41) is 7.76. The van der Waals surface area contributed by atoms with Gasteiger partial charge in [0, 0.05) is 27.7 Å². The average molecular weight is 372 g/mol. The topological polar surface area (TPSA) is 41.1 Å². The summed E-state index contributed by atoms with van der Waals surface area (Å²) in [6, 6.07) is 12.7. The highest BCUT2D eigenvalue weighted by molar-refractivity contribution is 6.35. The lowest BCUT2D eigenvalue weighted by Gasteiger charge is -2.15. The van der Waals surface area contributed by atoms with E-state index in [1.165, 1.54) is 0 Å². The molecule has 0 unspecified atom stereocenters. The second-order valence-corrected chi connectivity index (χ2v) is 6.39. The maximum Gasteiger partial charge on any atom is 0.234 e. The van der Waals surface area contributed by atoms with Crippen LogP contribution in [0.4, 0.5) is 0 Å². The third-order valence-corrected chi connectivity index (χ3v) is 4.36. The van der Waals surface area contributed by atoms with Crippen LogP contribution in [-0.2, 0) is 11.3 Å². The van der Waals surface area contributed by atoms with Gasteiger partial charge < -0.3 is 10.6 Å². The van der Waals surface area contributed by atoms with Gasteiger partial charge in [-0.3, -0.25) is 4.79 Å². The molecule has 122 valence electrons. The van der Waals surface area contributed by atoms with E-state index < -0.39 is 0 Å². The predicted octanol–water partition coefficient (Wildman–Crippen LogP) is 4.61. The van der Waals surface area contributed by atoms with Gasteiger partial charge in [0.15, 0.2) is 0 Å². The number of carbonyl (C=O) groups is 1. The monoisotopic (exact) mass is 370 g/mol. The Morgan fingerprint density at radius 3 is 2.52 bits per heavy atom. The van der Waals surface area contributed by atoms with E-state index >= 15 is 0 Å². The van der Waals surface area contributed by atoms with Gasteiger partial charge in [-0.05, 0) is 36.2 Å². The summed E-state index contributed by atoms with van der Waals surface area (Å²) in [6.07, 6.45) is 0. The first-order valence-corrected chi connectivity index (χ1v) is 8.29. The van der Waals surface area contributed by atoms with Crippen LogP contribution in [0.1, 0.15) is 24.1 Å². The van der Waals surface area contributed by atoms with Crippen molar-refractivity contribution >= 4 is 40.7 Å². The van der Waals surface area contributed by atoms with E-state index in [1.54, 1.807) is 18.2 Å². The van der Waals surface area contributed by atoms with Gasteiger partial charge in [0.2, 0.25) is 5.91 Å². The van der Waals surface area contributed by atoms with E-state index in [9.17, 15) is 4.79 Å². The number of amides is 1. The minimum absolute atomic E-state index is 0.0198. The Labute approximate surface area is 150 Å². The Balaban J connectivity index is 1.82. The number of rotatable bonds is 6. The molecule has 0 bridgehead atoms. The summed E-state index contributed by atoms with van der Waals surface area (Å²) in [7, 11) is 0. The minimum Gasteiger partial charge on any atom is -0.351 e. The summed E-state index contributed by atoms with van der Waals surface area (Å²) in [4.78, 5) is 11.9. The highest BCUT2D eigenvalue weighted by Gasteiger charge is 2.10. The lowest BCUT2D eigenvalue weighted by atomic mass is 10.1. The zero-order chi connectivity index (χ0) is 16.8. The molecule has 6 heteroatoms. The number of halogens is 3. The van der Waals surface area contributed by atoms with Crippen LogP contribution in [0.25, 0.3) is 0 Å². The van der Waals surface area contributed by atoms with Crippen molar-refractivity contribution in [2.24, 2.45) is 0 Å². The molecule has 0 aliphatic rings. The van der Waals surface area contributed by atoms with Crippen LogP contribution in [0.3, 0.4) is 0 Å². The third kappa shape index (κ3) is 5.40. The van der Waals surface area contributed by atoms with Crippen LogP contribution in [0.5, 0.6) is 0 Å². The van der Waals surface area contributed by atoms with E-state index in [0.29, 0.717) is 21.6 Å². The summed E-state index contributed by atoms with van der Waals surface area (Å²) < 4.78 is 0. The summed E-state index contributed by atoms with van der Waals surface area (Å²) in [6.45, 7) is 2.51. The van der Waals surface area contributed by atoms with Crippen molar-refractivity contribution in [2.75, 3.05) is 6.54 Å². The van der Waals surface area contributed by atoms with Crippen LogP contribution in [0, 0.1) is 0 Å². The van der Waals surface area contributed by atoms with Crippen LogP contribution >= 0.6 is 34.8 Å². The molecule has 0 radical (unpaired) electrons. The Morgan fingerprint density at radius 2 is 1.83 bits per heavy atom. The molecule has 1 amide bonds. The van der Waals surface area contributed by atoms with Crippen LogP contribution in [0.15, 0.2) is 42.5 Å². The van der Waals surface area contributed by atoms with Gasteiger partial charge in [0.1, 0.15) is 0 Å². The van der Waals surface area contributed by atoms with Gasteiger partial charge in [0.05, 0.1) is 6.54 Å². The van der Waals surface area contributed by atoms with E-state index in [1.807, 2.05) is 31.2 Å². The van der Waals surface area contributed by atoms with Gasteiger partial charge in [-0.15, -0.1) is 0 Å². The zero-order valence-electron chi connectivity index (χ0n) is 12.6. The van der Waals surface area contributed by atoms with Crippen LogP contribution in [0.2, 0.25) is 15.1 Å². The van der Waals surface area contributed by atoms with Crippen molar-refractivity contribution in [3.63, 3.8) is 0 Å².